The molecule has 6 heteroatoms. The first-order valence-electron chi connectivity index (χ1n) is 12.3. The highest BCUT2D eigenvalue weighted by Gasteiger charge is 2.29. The van der Waals surface area contributed by atoms with Gasteiger partial charge in [-0.2, -0.15) is 5.10 Å². The number of piperazine rings is 1. The van der Waals surface area contributed by atoms with Crippen LogP contribution in [0, 0.1) is 12.8 Å². The van der Waals surface area contributed by atoms with Crippen LogP contribution in [0.4, 0.5) is 5.82 Å². The molecule has 1 aliphatic heterocycles. The number of para-hydroxylation sites is 1. The molecule has 3 rings (SSSR count). The van der Waals surface area contributed by atoms with Crippen molar-refractivity contribution in [2.45, 2.75) is 67.0 Å². The molecule has 176 valence electrons. The number of benzene rings is 1. The Morgan fingerprint density at radius 1 is 1.06 bits per heavy atom. The number of carbonyl (C=O) groups excluding carboxylic acids is 1. The molecule has 1 aromatic carbocycles. The summed E-state index contributed by atoms with van der Waals surface area (Å²) in [5.41, 5.74) is 3.25. The van der Waals surface area contributed by atoms with Gasteiger partial charge >= 0.3 is 0 Å². The van der Waals surface area contributed by atoms with Crippen LogP contribution < -0.4 is 4.90 Å². The molecule has 1 unspecified atom stereocenters. The SMILES string of the molecule is CCC(C)N(Cc1c(C)nn(-c2ccccc2)c1N1CCN(CC)CC1)C(=O)CC(C)C. The molecule has 0 radical (unpaired) electrons. The van der Waals surface area contributed by atoms with Crippen molar-refractivity contribution in [1.29, 1.82) is 0 Å². The Morgan fingerprint density at radius 3 is 2.28 bits per heavy atom. The van der Waals surface area contributed by atoms with E-state index in [4.69, 9.17) is 5.10 Å². The van der Waals surface area contributed by atoms with Crippen molar-refractivity contribution < 1.29 is 4.79 Å². The van der Waals surface area contributed by atoms with Gasteiger partial charge in [-0.25, -0.2) is 4.68 Å². The van der Waals surface area contributed by atoms with E-state index in [2.05, 4.69) is 85.2 Å². The van der Waals surface area contributed by atoms with E-state index < -0.39 is 0 Å². The molecule has 2 heterocycles. The molecule has 1 aromatic heterocycles. The average Bonchev–Trinajstić information content (AvgIpc) is 3.12. The van der Waals surface area contributed by atoms with Crippen LogP contribution in [-0.4, -0.2) is 64.3 Å². The number of anilines is 1. The molecule has 1 fully saturated rings. The van der Waals surface area contributed by atoms with E-state index in [-0.39, 0.29) is 11.9 Å². The monoisotopic (exact) mass is 439 g/mol. The maximum absolute atomic E-state index is 13.2. The lowest BCUT2D eigenvalue weighted by atomic mass is 10.1. The number of likely N-dealkylation sites (N-methyl/N-ethyl adjacent to an activating group) is 1. The Hall–Kier alpha value is -2.34. The number of hydrogen-bond acceptors (Lipinski definition) is 4. The van der Waals surface area contributed by atoms with Crippen LogP contribution >= 0.6 is 0 Å². The van der Waals surface area contributed by atoms with Gasteiger partial charge in [0.2, 0.25) is 5.91 Å². The number of amides is 1. The van der Waals surface area contributed by atoms with E-state index >= 15 is 0 Å². The molecule has 1 saturated heterocycles. The standard InChI is InChI=1S/C26H41N5O/c1-7-21(5)30(25(32)18-20(3)4)19-24-22(6)27-31(23-12-10-9-11-13-23)26(24)29-16-14-28(8-2)15-17-29/h9-13,20-21H,7-8,14-19H2,1-6H3. The van der Waals surface area contributed by atoms with E-state index in [0.29, 0.717) is 18.9 Å². The first-order valence-corrected chi connectivity index (χ1v) is 12.3. The summed E-state index contributed by atoms with van der Waals surface area (Å²) in [7, 11) is 0. The first kappa shape index (κ1) is 24.3. The molecule has 6 nitrogen and oxygen atoms in total. The van der Waals surface area contributed by atoms with E-state index in [1.54, 1.807) is 0 Å². The zero-order chi connectivity index (χ0) is 23.3. The van der Waals surface area contributed by atoms with Crippen LogP contribution in [-0.2, 0) is 11.3 Å². The topological polar surface area (TPSA) is 44.6 Å². The highest BCUT2D eigenvalue weighted by Crippen LogP contribution is 2.30. The molecule has 2 aromatic rings. The molecule has 0 N–H and O–H groups in total. The molecule has 32 heavy (non-hydrogen) atoms. The van der Waals surface area contributed by atoms with Crippen molar-refractivity contribution in [3.8, 4) is 5.69 Å². The van der Waals surface area contributed by atoms with Gasteiger partial charge in [-0.15, -0.1) is 0 Å². The molecular weight excluding hydrogens is 398 g/mol. The summed E-state index contributed by atoms with van der Waals surface area (Å²) in [6, 6.07) is 10.6. The van der Waals surface area contributed by atoms with E-state index in [1.807, 2.05) is 6.07 Å². The third-order valence-electron chi connectivity index (χ3n) is 6.63. The minimum atomic E-state index is 0.200. The van der Waals surface area contributed by atoms with Crippen LogP contribution in [0.15, 0.2) is 30.3 Å². The van der Waals surface area contributed by atoms with Gasteiger partial charge in [0, 0.05) is 44.2 Å². The third kappa shape index (κ3) is 5.52. The fourth-order valence-corrected chi connectivity index (χ4v) is 4.43. The van der Waals surface area contributed by atoms with Gasteiger partial charge in [-0.3, -0.25) is 4.79 Å². The number of aromatic nitrogens is 2. The summed E-state index contributed by atoms with van der Waals surface area (Å²) in [5, 5.41) is 4.98. The Morgan fingerprint density at radius 2 is 1.72 bits per heavy atom. The van der Waals surface area contributed by atoms with Gasteiger partial charge in [0.1, 0.15) is 5.82 Å². The summed E-state index contributed by atoms with van der Waals surface area (Å²) in [4.78, 5) is 20.2. The fourth-order valence-electron chi connectivity index (χ4n) is 4.43. The predicted octanol–water partition coefficient (Wildman–Crippen LogP) is 4.50. The summed E-state index contributed by atoms with van der Waals surface area (Å²) in [6.07, 6.45) is 1.53. The smallest absolute Gasteiger partial charge is 0.223 e. The Labute approximate surface area is 194 Å². The van der Waals surface area contributed by atoms with Gasteiger partial charge in [0.15, 0.2) is 0 Å². The Balaban J connectivity index is 2.02. The zero-order valence-corrected chi connectivity index (χ0v) is 20.8. The molecular formula is C26H41N5O. The number of carbonyl (C=O) groups is 1. The second-order valence-corrected chi connectivity index (χ2v) is 9.43. The number of rotatable bonds is 9. The number of nitrogens with zero attached hydrogens (tertiary/aromatic N) is 5. The van der Waals surface area contributed by atoms with Gasteiger partial charge in [-0.1, -0.05) is 45.9 Å². The summed E-state index contributed by atoms with van der Waals surface area (Å²) in [5.74, 6) is 1.74. The minimum Gasteiger partial charge on any atom is -0.354 e. The third-order valence-corrected chi connectivity index (χ3v) is 6.63. The highest BCUT2D eigenvalue weighted by molar-refractivity contribution is 5.77. The van der Waals surface area contributed by atoms with Gasteiger partial charge in [0.25, 0.3) is 0 Å². The van der Waals surface area contributed by atoms with Crippen molar-refractivity contribution in [3.05, 3.63) is 41.6 Å². The van der Waals surface area contributed by atoms with Gasteiger partial charge in [0.05, 0.1) is 17.9 Å². The summed E-state index contributed by atoms with van der Waals surface area (Å²) in [6.45, 7) is 18.6. The van der Waals surface area contributed by atoms with Crippen molar-refractivity contribution in [1.82, 2.24) is 19.6 Å². The van der Waals surface area contributed by atoms with Crippen LogP contribution in [0.25, 0.3) is 5.69 Å². The van der Waals surface area contributed by atoms with Crippen molar-refractivity contribution in [3.63, 3.8) is 0 Å². The second kappa shape index (κ2) is 11.0. The van der Waals surface area contributed by atoms with E-state index in [1.165, 1.54) is 5.56 Å². The highest BCUT2D eigenvalue weighted by atomic mass is 16.2. The molecule has 1 amide bonds. The van der Waals surface area contributed by atoms with Crippen LogP contribution in [0.3, 0.4) is 0 Å². The first-order chi connectivity index (χ1) is 15.3. The van der Waals surface area contributed by atoms with Crippen LogP contribution in [0.5, 0.6) is 0 Å². The average molecular weight is 440 g/mol. The largest absolute Gasteiger partial charge is 0.354 e. The Kier molecular flexibility index (Phi) is 8.35. The Bertz CT molecular complexity index is 868. The molecule has 0 spiro atoms. The molecule has 0 saturated carbocycles. The molecule has 0 aliphatic carbocycles. The van der Waals surface area contributed by atoms with Gasteiger partial charge < -0.3 is 14.7 Å². The maximum atomic E-state index is 13.2. The number of aryl methyl sites for hydroxylation is 1. The maximum Gasteiger partial charge on any atom is 0.223 e. The summed E-state index contributed by atoms with van der Waals surface area (Å²) < 4.78 is 2.09. The minimum absolute atomic E-state index is 0.200. The molecule has 0 bridgehead atoms. The van der Waals surface area contributed by atoms with Crippen LogP contribution in [0.1, 0.15) is 58.7 Å². The lowest BCUT2D eigenvalue weighted by Gasteiger charge is -2.37. The number of hydrogen-bond donors (Lipinski definition) is 0. The predicted molar refractivity (Wildman–Crippen MR) is 132 cm³/mol. The molecule has 1 atom stereocenters. The lowest BCUT2D eigenvalue weighted by Crippen LogP contribution is -2.47. The van der Waals surface area contributed by atoms with Crippen LogP contribution in [0.2, 0.25) is 0 Å². The van der Waals surface area contributed by atoms with Crippen molar-refractivity contribution in [2.75, 3.05) is 37.6 Å². The van der Waals surface area contributed by atoms with Gasteiger partial charge in [-0.05, 0) is 44.9 Å². The van der Waals surface area contributed by atoms with Crippen molar-refractivity contribution >= 4 is 11.7 Å². The summed E-state index contributed by atoms with van der Waals surface area (Å²) >= 11 is 0. The molecule has 1 aliphatic rings. The van der Waals surface area contributed by atoms with E-state index in [0.717, 1.165) is 56.3 Å². The van der Waals surface area contributed by atoms with E-state index in [9.17, 15) is 4.79 Å². The normalized spacial score (nSPS) is 15.9. The zero-order valence-electron chi connectivity index (χ0n) is 20.8. The quantitative estimate of drug-likeness (QED) is 0.577. The lowest BCUT2D eigenvalue weighted by molar-refractivity contribution is -0.134. The van der Waals surface area contributed by atoms with Crippen molar-refractivity contribution in [2.24, 2.45) is 5.92 Å². The second-order valence-electron chi connectivity index (χ2n) is 9.43. The fraction of sp³-hybridized carbons (Fsp3) is 0.615.